The van der Waals surface area contributed by atoms with Gasteiger partial charge in [-0.2, -0.15) is 0 Å². The standard InChI is InChI=1S/C21H30O2/c1-19-9-7-14-3-2-4-16(14)17(19)8-10-20-11-15(5-6-18(19)20)21(23,12-20)13-22/h2,4,15,17-18,22-23H,3,5-13H2,1H3/t15-,17-,18+,19-,20+,21+/m0/s1. The van der Waals surface area contributed by atoms with Crippen molar-refractivity contribution in [1.29, 1.82) is 0 Å². The van der Waals surface area contributed by atoms with Crippen LogP contribution in [0.25, 0.3) is 0 Å². The number of allylic oxidation sites excluding steroid dienone is 4. The lowest BCUT2D eigenvalue weighted by atomic mass is 9.44. The zero-order chi connectivity index (χ0) is 15.9. The molecule has 0 radical (unpaired) electrons. The van der Waals surface area contributed by atoms with Crippen LogP contribution in [0.2, 0.25) is 0 Å². The van der Waals surface area contributed by atoms with E-state index in [1.165, 1.54) is 44.9 Å². The Labute approximate surface area is 139 Å². The highest BCUT2D eigenvalue weighted by Gasteiger charge is 2.65. The fourth-order valence-corrected chi connectivity index (χ4v) is 7.85. The molecule has 0 aliphatic heterocycles. The van der Waals surface area contributed by atoms with E-state index in [0.717, 1.165) is 24.7 Å². The van der Waals surface area contributed by atoms with Gasteiger partial charge < -0.3 is 10.2 Å². The van der Waals surface area contributed by atoms with Gasteiger partial charge in [0.25, 0.3) is 0 Å². The SMILES string of the molecule is C[C@]12CCC3=C(C=CC3)[C@@H]1CC[C@]13C[C@H](CC[C@@H]12)[C@](O)(CO)C3. The molecule has 126 valence electrons. The molecule has 5 aliphatic rings. The Morgan fingerprint density at radius 2 is 2.09 bits per heavy atom. The Bertz CT molecular complexity index is 605. The topological polar surface area (TPSA) is 40.5 Å². The Morgan fingerprint density at radius 3 is 2.91 bits per heavy atom. The predicted molar refractivity (Wildman–Crippen MR) is 90.8 cm³/mol. The van der Waals surface area contributed by atoms with E-state index in [-0.39, 0.29) is 6.61 Å². The van der Waals surface area contributed by atoms with E-state index in [0.29, 0.717) is 16.7 Å². The quantitative estimate of drug-likeness (QED) is 0.768. The number of fused-ring (bicyclic) bond motifs is 4. The van der Waals surface area contributed by atoms with Crippen LogP contribution in [0.4, 0.5) is 0 Å². The summed E-state index contributed by atoms with van der Waals surface area (Å²) in [6.45, 7) is 2.53. The van der Waals surface area contributed by atoms with Crippen molar-refractivity contribution < 1.29 is 10.2 Å². The molecule has 2 heteroatoms. The predicted octanol–water partition coefficient (Wildman–Crippen LogP) is 3.98. The number of aliphatic hydroxyl groups excluding tert-OH is 1. The normalized spacial score (nSPS) is 54.0. The molecule has 0 amide bonds. The van der Waals surface area contributed by atoms with Gasteiger partial charge in [-0.1, -0.05) is 24.6 Å². The molecule has 3 fully saturated rings. The highest BCUT2D eigenvalue weighted by Crippen LogP contribution is 2.71. The molecule has 5 rings (SSSR count). The lowest BCUT2D eigenvalue weighted by Crippen LogP contribution is -2.51. The van der Waals surface area contributed by atoms with E-state index in [4.69, 9.17) is 0 Å². The van der Waals surface area contributed by atoms with Crippen molar-refractivity contribution in [2.75, 3.05) is 6.61 Å². The molecule has 5 aliphatic carbocycles. The number of aliphatic hydroxyl groups is 2. The molecular formula is C21H30O2. The molecule has 23 heavy (non-hydrogen) atoms. The third-order valence-electron chi connectivity index (χ3n) is 8.82. The van der Waals surface area contributed by atoms with Crippen LogP contribution < -0.4 is 0 Å². The van der Waals surface area contributed by atoms with Crippen molar-refractivity contribution in [2.45, 2.75) is 70.3 Å². The summed E-state index contributed by atoms with van der Waals surface area (Å²) in [7, 11) is 0. The maximum absolute atomic E-state index is 11.0. The highest BCUT2D eigenvalue weighted by molar-refractivity contribution is 5.40. The summed E-state index contributed by atoms with van der Waals surface area (Å²) in [4.78, 5) is 0. The van der Waals surface area contributed by atoms with E-state index in [9.17, 15) is 10.2 Å². The summed E-state index contributed by atoms with van der Waals surface area (Å²) < 4.78 is 0. The molecule has 1 spiro atoms. The first kappa shape index (κ1) is 14.7. The minimum absolute atomic E-state index is 0.0374. The molecule has 2 N–H and O–H groups in total. The highest BCUT2D eigenvalue weighted by atomic mass is 16.3. The molecule has 0 saturated heterocycles. The number of hydrogen-bond acceptors (Lipinski definition) is 2. The van der Waals surface area contributed by atoms with Gasteiger partial charge in [-0.25, -0.2) is 0 Å². The van der Waals surface area contributed by atoms with E-state index in [2.05, 4.69) is 19.1 Å². The maximum Gasteiger partial charge on any atom is 0.0910 e. The summed E-state index contributed by atoms with van der Waals surface area (Å²) in [5, 5.41) is 20.8. The van der Waals surface area contributed by atoms with E-state index >= 15 is 0 Å². The minimum atomic E-state index is -0.787. The second kappa shape index (κ2) is 4.52. The van der Waals surface area contributed by atoms with Gasteiger partial charge in [0.05, 0.1) is 12.2 Å². The van der Waals surface area contributed by atoms with Crippen LogP contribution in [0.1, 0.15) is 64.7 Å². The monoisotopic (exact) mass is 314 g/mol. The van der Waals surface area contributed by atoms with Crippen molar-refractivity contribution in [3.8, 4) is 0 Å². The van der Waals surface area contributed by atoms with Gasteiger partial charge in [-0.3, -0.25) is 0 Å². The Hall–Kier alpha value is -0.600. The Kier molecular flexibility index (Phi) is 2.89. The second-order valence-corrected chi connectivity index (χ2v) is 9.59. The zero-order valence-corrected chi connectivity index (χ0v) is 14.4. The zero-order valence-electron chi connectivity index (χ0n) is 14.4. The summed E-state index contributed by atoms with van der Waals surface area (Å²) in [6.07, 6.45) is 15.6. The molecule has 0 heterocycles. The first-order chi connectivity index (χ1) is 11.0. The van der Waals surface area contributed by atoms with Gasteiger partial charge in [-0.15, -0.1) is 0 Å². The molecule has 6 atom stereocenters. The van der Waals surface area contributed by atoms with Crippen LogP contribution in [0.5, 0.6) is 0 Å². The van der Waals surface area contributed by atoms with E-state index < -0.39 is 5.60 Å². The Balaban J connectivity index is 1.55. The first-order valence-corrected chi connectivity index (χ1v) is 9.72. The number of hydrogen-bond donors (Lipinski definition) is 2. The van der Waals surface area contributed by atoms with Crippen molar-refractivity contribution >= 4 is 0 Å². The molecular weight excluding hydrogens is 284 g/mol. The lowest BCUT2D eigenvalue weighted by Gasteiger charge is -2.60. The summed E-state index contributed by atoms with van der Waals surface area (Å²) >= 11 is 0. The van der Waals surface area contributed by atoms with Gasteiger partial charge in [0.15, 0.2) is 0 Å². The van der Waals surface area contributed by atoms with E-state index in [1.807, 2.05) is 0 Å². The van der Waals surface area contributed by atoms with Crippen LogP contribution in [-0.4, -0.2) is 22.4 Å². The van der Waals surface area contributed by atoms with Gasteiger partial charge in [0.2, 0.25) is 0 Å². The van der Waals surface area contributed by atoms with Gasteiger partial charge in [-0.05, 0) is 91.9 Å². The smallest absolute Gasteiger partial charge is 0.0910 e. The van der Waals surface area contributed by atoms with Crippen LogP contribution in [-0.2, 0) is 0 Å². The largest absolute Gasteiger partial charge is 0.393 e. The van der Waals surface area contributed by atoms with Gasteiger partial charge >= 0.3 is 0 Å². The fourth-order valence-electron chi connectivity index (χ4n) is 7.85. The fraction of sp³-hybridized carbons (Fsp3) is 0.810. The van der Waals surface area contributed by atoms with Crippen LogP contribution in [0.15, 0.2) is 23.3 Å². The van der Waals surface area contributed by atoms with Crippen LogP contribution in [0, 0.1) is 28.6 Å². The third kappa shape index (κ3) is 1.72. The molecule has 3 saturated carbocycles. The minimum Gasteiger partial charge on any atom is -0.393 e. The second-order valence-electron chi connectivity index (χ2n) is 9.59. The average molecular weight is 314 g/mol. The molecule has 0 aromatic heterocycles. The van der Waals surface area contributed by atoms with Crippen LogP contribution in [0.3, 0.4) is 0 Å². The molecule has 0 aromatic rings. The lowest BCUT2D eigenvalue weighted by molar-refractivity contribution is -0.0828. The van der Waals surface area contributed by atoms with E-state index in [1.54, 1.807) is 11.1 Å². The first-order valence-electron chi connectivity index (χ1n) is 9.72. The summed E-state index contributed by atoms with van der Waals surface area (Å²) in [5.41, 5.74) is 3.34. The molecule has 2 nitrogen and oxygen atoms in total. The van der Waals surface area contributed by atoms with Gasteiger partial charge in [0, 0.05) is 0 Å². The van der Waals surface area contributed by atoms with Crippen LogP contribution >= 0.6 is 0 Å². The molecule has 0 aromatic carbocycles. The third-order valence-corrected chi connectivity index (χ3v) is 8.82. The summed E-state index contributed by atoms with van der Waals surface area (Å²) in [5.74, 6) is 1.84. The van der Waals surface area contributed by atoms with Crippen molar-refractivity contribution in [3.05, 3.63) is 23.3 Å². The van der Waals surface area contributed by atoms with Gasteiger partial charge in [0.1, 0.15) is 0 Å². The summed E-state index contributed by atoms with van der Waals surface area (Å²) in [6, 6.07) is 0. The van der Waals surface area contributed by atoms with Crippen molar-refractivity contribution in [3.63, 3.8) is 0 Å². The van der Waals surface area contributed by atoms with Crippen molar-refractivity contribution in [1.82, 2.24) is 0 Å². The molecule has 2 bridgehead atoms. The van der Waals surface area contributed by atoms with Crippen molar-refractivity contribution in [2.24, 2.45) is 28.6 Å². The maximum atomic E-state index is 11.0. The number of rotatable bonds is 1. The average Bonchev–Trinajstić information content (AvgIpc) is 3.09. The Morgan fingerprint density at radius 1 is 1.22 bits per heavy atom. The molecule has 0 unspecified atom stereocenters.